The van der Waals surface area contributed by atoms with Crippen LogP contribution >= 0.6 is 22.6 Å². The number of hydrogen-bond donors (Lipinski definition) is 1. The lowest BCUT2D eigenvalue weighted by Crippen LogP contribution is -2.45. The maximum atomic E-state index is 12.2. The minimum absolute atomic E-state index is 0.182. The number of rotatable bonds is 3. The molecule has 1 aromatic carbocycles. The molecule has 0 saturated carbocycles. The van der Waals surface area contributed by atoms with Crippen LogP contribution in [0.1, 0.15) is 19.8 Å². The Bertz CT molecular complexity index is 580. The van der Waals surface area contributed by atoms with Crippen LogP contribution in [0.5, 0.6) is 0 Å². The second-order valence-corrected chi connectivity index (χ2v) is 6.53. The summed E-state index contributed by atoms with van der Waals surface area (Å²) in [6.45, 7) is 2.91. The van der Waals surface area contributed by atoms with Gasteiger partial charge >= 0.3 is 17.8 Å². The first-order chi connectivity index (χ1) is 11.0. The Kier molecular flexibility index (Phi) is 6.37. The Hall–Kier alpha value is -1.64. The van der Waals surface area contributed by atoms with Crippen molar-refractivity contribution in [2.24, 2.45) is 5.92 Å². The van der Waals surface area contributed by atoms with Crippen LogP contribution in [-0.4, -0.2) is 42.4 Å². The van der Waals surface area contributed by atoms with Crippen molar-refractivity contribution in [1.82, 2.24) is 4.90 Å². The lowest BCUT2D eigenvalue weighted by Gasteiger charge is -2.30. The van der Waals surface area contributed by atoms with Crippen molar-refractivity contribution in [3.63, 3.8) is 0 Å². The molecular formula is C16H19IN2O4. The van der Waals surface area contributed by atoms with Crippen LogP contribution in [0.25, 0.3) is 0 Å². The summed E-state index contributed by atoms with van der Waals surface area (Å²) in [4.78, 5) is 37.3. The van der Waals surface area contributed by atoms with E-state index >= 15 is 0 Å². The summed E-state index contributed by atoms with van der Waals surface area (Å²) in [5, 5.41) is 2.60. The SMILES string of the molecule is CCOC(=O)C1CCN(C(=O)C(=O)Nc2ccc(I)cc2)CC1. The molecule has 1 fully saturated rings. The third-order valence-electron chi connectivity index (χ3n) is 3.70. The van der Waals surface area contributed by atoms with E-state index in [4.69, 9.17) is 4.74 Å². The number of esters is 1. The molecule has 2 rings (SSSR count). The van der Waals surface area contributed by atoms with Gasteiger partial charge in [-0.3, -0.25) is 14.4 Å². The van der Waals surface area contributed by atoms with Crippen molar-refractivity contribution in [2.75, 3.05) is 25.0 Å². The molecule has 0 aliphatic carbocycles. The molecule has 0 unspecified atom stereocenters. The number of benzene rings is 1. The Morgan fingerprint density at radius 1 is 1.22 bits per heavy atom. The van der Waals surface area contributed by atoms with Crippen molar-refractivity contribution < 1.29 is 19.1 Å². The second kappa shape index (κ2) is 8.28. The molecule has 1 aliphatic rings. The topological polar surface area (TPSA) is 75.7 Å². The highest BCUT2D eigenvalue weighted by Crippen LogP contribution is 2.19. The van der Waals surface area contributed by atoms with Crippen LogP contribution in [0.3, 0.4) is 0 Å². The van der Waals surface area contributed by atoms with Gasteiger partial charge in [-0.1, -0.05) is 0 Å². The lowest BCUT2D eigenvalue weighted by atomic mass is 9.97. The molecule has 1 saturated heterocycles. The molecule has 0 bridgehead atoms. The van der Waals surface area contributed by atoms with E-state index in [9.17, 15) is 14.4 Å². The molecule has 1 aliphatic heterocycles. The van der Waals surface area contributed by atoms with Crippen LogP contribution < -0.4 is 5.32 Å². The number of carbonyl (C=O) groups excluding carboxylic acids is 3. The third kappa shape index (κ3) is 4.92. The van der Waals surface area contributed by atoms with Crippen LogP contribution in [0.15, 0.2) is 24.3 Å². The summed E-state index contributed by atoms with van der Waals surface area (Å²) in [5.74, 6) is -1.62. The minimum Gasteiger partial charge on any atom is -0.466 e. The molecule has 6 nitrogen and oxygen atoms in total. The summed E-state index contributed by atoms with van der Waals surface area (Å²) in [6.07, 6.45) is 1.06. The minimum atomic E-state index is -0.652. The Labute approximate surface area is 148 Å². The molecular weight excluding hydrogens is 411 g/mol. The first-order valence-corrected chi connectivity index (χ1v) is 8.61. The molecule has 1 N–H and O–H groups in total. The lowest BCUT2D eigenvalue weighted by molar-refractivity contribution is -0.152. The molecule has 1 heterocycles. The molecule has 0 aromatic heterocycles. The van der Waals surface area contributed by atoms with E-state index in [0.717, 1.165) is 3.57 Å². The smallest absolute Gasteiger partial charge is 0.313 e. The molecule has 0 atom stereocenters. The first kappa shape index (κ1) is 17.7. The van der Waals surface area contributed by atoms with Gasteiger partial charge in [-0.05, 0) is 66.6 Å². The Morgan fingerprint density at radius 2 is 1.83 bits per heavy atom. The average molecular weight is 430 g/mol. The Morgan fingerprint density at radius 3 is 2.39 bits per heavy atom. The maximum Gasteiger partial charge on any atom is 0.313 e. The maximum absolute atomic E-state index is 12.2. The molecule has 2 amide bonds. The fourth-order valence-corrected chi connectivity index (χ4v) is 2.80. The van der Waals surface area contributed by atoms with Crippen molar-refractivity contribution in [1.29, 1.82) is 0 Å². The van der Waals surface area contributed by atoms with Crippen molar-refractivity contribution >= 4 is 46.1 Å². The van der Waals surface area contributed by atoms with E-state index in [2.05, 4.69) is 27.9 Å². The average Bonchev–Trinajstić information content (AvgIpc) is 2.56. The predicted molar refractivity (Wildman–Crippen MR) is 93.7 cm³/mol. The van der Waals surface area contributed by atoms with Gasteiger partial charge in [0.05, 0.1) is 12.5 Å². The monoisotopic (exact) mass is 430 g/mol. The van der Waals surface area contributed by atoms with Crippen LogP contribution in [0, 0.1) is 9.49 Å². The van der Waals surface area contributed by atoms with Gasteiger partial charge in [0.1, 0.15) is 0 Å². The molecule has 1 aromatic rings. The van der Waals surface area contributed by atoms with Crippen molar-refractivity contribution in [3.05, 3.63) is 27.8 Å². The molecule has 0 radical (unpaired) electrons. The van der Waals surface area contributed by atoms with Gasteiger partial charge in [-0.2, -0.15) is 0 Å². The summed E-state index contributed by atoms with van der Waals surface area (Å²) < 4.78 is 6.04. The number of hydrogen-bond acceptors (Lipinski definition) is 4. The van der Waals surface area contributed by atoms with Crippen LogP contribution in [-0.2, 0) is 19.1 Å². The summed E-state index contributed by atoms with van der Waals surface area (Å²) in [7, 11) is 0. The number of ether oxygens (including phenoxy) is 1. The van der Waals surface area contributed by atoms with Crippen molar-refractivity contribution in [2.45, 2.75) is 19.8 Å². The third-order valence-corrected chi connectivity index (χ3v) is 4.42. The van der Waals surface area contributed by atoms with Gasteiger partial charge in [-0.15, -0.1) is 0 Å². The van der Waals surface area contributed by atoms with Gasteiger partial charge in [0, 0.05) is 22.3 Å². The fourth-order valence-electron chi connectivity index (χ4n) is 2.44. The van der Waals surface area contributed by atoms with Gasteiger partial charge in [-0.25, -0.2) is 0 Å². The quantitative estimate of drug-likeness (QED) is 0.453. The van der Waals surface area contributed by atoms with E-state index in [1.165, 1.54) is 4.90 Å². The fraction of sp³-hybridized carbons (Fsp3) is 0.438. The number of carbonyl (C=O) groups is 3. The normalized spacial score (nSPS) is 15.1. The molecule has 7 heteroatoms. The number of amides is 2. The number of anilines is 1. The number of halogens is 1. The van der Waals surface area contributed by atoms with Gasteiger partial charge < -0.3 is 15.0 Å². The molecule has 0 spiro atoms. The number of piperidine rings is 1. The second-order valence-electron chi connectivity index (χ2n) is 5.28. The van der Waals surface area contributed by atoms with E-state index in [-0.39, 0.29) is 11.9 Å². The van der Waals surface area contributed by atoms with Gasteiger partial charge in [0.25, 0.3) is 0 Å². The largest absolute Gasteiger partial charge is 0.466 e. The van der Waals surface area contributed by atoms with Gasteiger partial charge in [0.15, 0.2) is 0 Å². The highest BCUT2D eigenvalue weighted by atomic mass is 127. The zero-order valence-electron chi connectivity index (χ0n) is 12.9. The first-order valence-electron chi connectivity index (χ1n) is 7.53. The van der Waals surface area contributed by atoms with E-state index in [1.54, 1.807) is 19.1 Å². The number of likely N-dealkylation sites (tertiary alicyclic amines) is 1. The van der Waals surface area contributed by atoms with Crippen LogP contribution in [0.2, 0.25) is 0 Å². The van der Waals surface area contributed by atoms with E-state index in [0.29, 0.717) is 38.2 Å². The number of nitrogens with zero attached hydrogens (tertiary/aromatic N) is 1. The zero-order chi connectivity index (χ0) is 16.8. The standard InChI is InChI=1S/C16H19IN2O4/c1-2-23-16(22)11-7-9-19(10-8-11)15(21)14(20)18-13-5-3-12(17)4-6-13/h3-6,11H,2,7-10H2,1H3,(H,18,20). The zero-order valence-corrected chi connectivity index (χ0v) is 15.0. The highest BCUT2D eigenvalue weighted by Gasteiger charge is 2.30. The van der Waals surface area contributed by atoms with E-state index < -0.39 is 11.8 Å². The predicted octanol–water partition coefficient (Wildman–Crippen LogP) is 2.03. The van der Waals surface area contributed by atoms with E-state index in [1.807, 2.05) is 12.1 Å². The Balaban J connectivity index is 1.85. The summed E-state index contributed by atoms with van der Waals surface area (Å²) in [5.41, 5.74) is 0.588. The molecule has 23 heavy (non-hydrogen) atoms. The van der Waals surface area contributed by atoms with Crippen LogP contribution in [0.4, 0.5) is 5.69 Å². The summed E-state index contributed by atoms with van der Waals surface area (Å²) in [6, 6.07) is 7.21. The highest BCUT2D eigenvalue weighted by molar-refractivity contribution is 14.1. The van der Waals surface area contributed by atoms with Gasteiger partial charge in [0.2, 0.25) is 0 Å². The number of nitrogens with one attached hydrogen (secondary N) is 1. The molecule has 124 valence electrons. The van der Waals surface area contributed by atoms with Crippen molar-refractivity contribution in [3.8, 4) is 0 Å². The summed E-state index contributed by atoms with van der Waals surface area (Å²) >= 11 is 2.17.